The summed E-state index contributed by atoms with van der Waals surface area (Å²) in [5, 5.41) is 2.74. The standard InChI is InChI=1S/C14H26N2O2/c1-7-11-12(17)15-10(4)13(18)16(11)8-14(5,6)9(2)3/h9-11H,7-8H2,1-6H3,(H,15,17). The van der Waals surface area contributed by atoms with Crippen molar-refractivity contribution in [3.63, 3.8) is 0 Å². The normalized spacial score (nSPS) is 25.6. The van der Waals surface area contributed by atoms with Crippen molar-refractivity contribution in [3.8, 4) is 0 Å². The number of amides is 2. The molecular formula is C14H26N2O2. The second-order valence-electron chi connectivity index (χ2n) is 6.26. The molecule has 0 aliphatic carbocycles. The van der Waals surface area contributed by atoms with Gasteiger partial charge >= 0.3 is 0 Å². The molecule has 4 nitrogen and oxygen atoms in total. The number of carbonyl (C=O) groups is 2. The van der Waals surface area contributed by atoms with E-state index in [-0.39, 0.29) is 23.3 Å². The third-order valence-electron chi connectivity index (χ3n) is 4.22. The maximum absolute atomic E-state index is 12.3. The Kier molecular flexibility index (Phi) is 4.41. The Labute approximate surface area is 110 Å². The molecular weight excluding hydrogens is 228 g/mol. The largest absolute Gasteiger partial charge is 0.343 e. The molecule has 4 heteroatoms. The fourth-order valence-electron chi connectivity index (χ4n) is 2.13. The maximum Gasteiger partial charge on any atom is 0.245 e. The number of piperazine rings is 1. The average Bonchev–Trinajstić information content (AvgIpc) is 2.25. The molecule has 1 saturated heterocycles. The van der Waals surface area contributed by atoms with Crippen molar-refractivity contribution in [2.75, 3.05) is 6.54 Å². The van der Waals surface area contributed by atoms with Crippen molar-refractivity contribution >= 4 is 11.8 Å². The van der Waals surface area contributed by atoms with Gasteiger partial charge in [0.05, 0.1) is 0 Å². The van der Waals surface area contributed by atoms with Gasteiger partial charge < -0.3 is 10.2 Å². The van der Waals surface area contributed by atoms with Crippen LogP contribution in [0.3, 0.4) is 0 Å². The van der Waals surface area contributed by atoms with Gasteiger partial charge in [0, 0.05) is 6.54 Å². The van der Waals surface area contributed by atoms with Crippen molar-refractivity contribution < 1.29 is 9.59 Å². The Morgan fingerprint density at radius 1 is 1.33 bits per heavy atom. The van der Waals surface area contributed by atoms with Crippen LogP contribution in [0.5, 0.6) is 0 Å². The summed E-state index contributed by atoms with van der Waals surface area (Å²) in [5.41, 5.74) is 0.0143. The van der Waals surface area contributed by atoms with Gasteiger partial charge in [-0.15, -0.1) is 0 Å². The molecule has 1 aliphatic rings. The fraction of sp³-hybridized carbons (Fsp3) is 0.857. The van der Waals surface area contributed by atoms with Gasteiger partial charge in [0.25, 0.3) is 0 Å². The maximum atomic E-state index is 12.3. The molecule has 0 saturated carbocycles. The molecule has 2 amide bonds. The first-order chi connectivity index (χ1) is 8.20. The summed E-state index contributed by atoms with van der Waals surface area (Å²) in [5.74, 6) is 0.474. The smallest absolute Gasteiger partial charge is 0.245 e. The van der Waals surface area contributed by atoms with E-state index in [0.29, 0.717) is 18.9 Å². The predicted octanol–water partition coefficient (Wildman–Crippen LogP) is 1.79. The van der Waals surface area contributed by atoms with Gasteiger partial charge in [-0.2, -0.15) is 0 Å². The highest BCUT2D eigenvalue weighted by atomic mass is 16.2. The topological polar surface area (TPSA) is 49.4 Å². The lowest BCUT2D eigenvalue weighted by molar-refractivity contribution is -0.151. The molecule has 1 rings (SSSR count). The van der Waals surface area contributed by atoms with Gasteiger partial charge in [0.1, 0.15) is 12.1 Å². The second-order valence-corrected chi connectivity index (χ2v) is 6.26. The summed E-state index contributed by atoms with van der Waals surface area (Å²) in [6, 6.07) is -0.713. The molecule has 0 aromatic rings. The number of hydrogen-bond donors (Lipinski definition) is 1. The molecule has 0 spiro atoms. The molecule has 2 atom stereocenters. The van der Waals surface area contributed by atoms with Crippen LogP contribution in [-0.2, 0) is 9.59 Å². The lowest BCUT2D eigenvalue weighted by Crippen LogP contribution is -2.63. The van der Waals surface area contributed by atoms with Crippen LogP contribution in [0.25, 0.3) is 0 Å². The van der Waals surface area contributed by atoms with Crippen LogP contribution in [0.2, 0.25) is 0 Å². The van der Waals surface area contributed by atoms with Crippen LogP contribution >= 0.6 is 0 Å². The minimum atomic E-state index is -0.400. The van der Waals surface area contributed by atoms with E-state index < -0.39 is 6.04 Å². The molecule has 0 aromatic carbocycles. The van der Waals surface area contributed by atoms with E-state index in [2.05, 4.69) is 33.0 Å². The molecule has 1 aliphatic heterocycles. The van der Waals surface area contributed by atoms with E-state index in [1.165, 1.54) is 0 Å². The zero-order valence-electron chi connectivity index (χ0n) is 12.4. The van der Waals surface area contributed by atoms with Crippen LogP contribution in [-0.4, -0.2) is 35.3 Å². The first-order valence-electron chi connectivity index (χ1n) is 6.81. The van der Waals surface area contributed by atoms with Crippen molar-refractivity contribution in [3.05, 3.63) is 0 Å². The predicted molar refractivity (Wildman–Crippen MR) is 72.0 cm³/mol. The SMILES string of the molecule is CCC1C(=O)NC(C)C(=O)N1CC(C)(C)C(C)C. The van der Waals surface area contributed by atoms with Crippen molar-refractivity contribution in [1.29, 1.82) is 0 Å². The minimum absolute atomic E-state index is 0.0143. The summed E-state index contributed by atoms with van der Waals surface area (Å²) in [4.78, 5) is 26.0. The lowest BCUT2D eigenvalue weighted by Gasteiger charge is -2.43. The zero-order chi connectivity index (χ0) is 14.1. The molecule has 1 fully saturated rings. The third kappa shape index (κ3) is 2.85. The van der Waals surface area contributed by atoms with Crippen LogP contribution in [0, 0.1) is 11.3 Å². The Morgan fingerprint density at radius 2 is 1.89 bits per heavy atom. The molecule has 0 bridgehead atoms. The molecule has 2 unspecified atom stereocenters. The Morgan fingerprint density at radius 3 is 2.33 bits per heavy atom. The van der Waals surface area contributed by atoms with Gasteiger partial charge in [0.2, 0.25) is 11.8 Å². The summed E-state index contributed by atoms with van der Waals surface area (Å²) < 4.78 is 0. The third-order valence-corrected chi connectivity index (χ3v) is 4.22. The number of nitrogens with zero attached hydrogens (tertiary/aromatic N) is 1. The fourth-order valence-corrected chi connectivity index (χ4v) is 2.13. The van der Waals surface area contributed by atoms with Crippen molar-refractivity contribution in [2.24, 2.45) is 11.3 Å². The summed E-state index contributed by atoms with van der Waals surface area (Å²) >= 11 is 0. The highest BCUT2D eigenvalue weighted by Gasteiger charge is 2.40. The molecule has 0 aromatic heterocycles. The number of nitrogens with one attached hydrogen (secondary N) is 1. The first-order valence-corrected chi connectivity index (χ1v) is 6.81. The van der Waals surface area contributed by atoms with E-state index in [4.69, 9.17) is 0 Å². The van der Waals surface area contributed by atoms with Gasteiger partial charge in [-0.1, -0.05) is 34.6 Å². The van der Waals surface area contributed by atoms with Crippen molar-refractivity contribution in [2.45, 2.75) is 60.0 Å². The molecule has 0 radical (unpaired) electrons. The zero-order valence-corrected chi connectivity index (χ0v) is 12.4. The van der Waals surface area contributed by atoms with Crippen molar-refractivity contribution in [1.82, 2.24) is 10.2 Å². The lowest BCUT2D eigenvalue weighted by atomic mass is 9.80. The highest BCUT2D eigenvalue weighted by molar-refractivity contribution is 5.96. The van der Waals surface area contributed by atoms with Crippen LogP contribution in [0.15, 0.2) is 0 Å². The van der Waals surface area contributed by atoms with Crippen LogP contribution in [0.4, 0.5) is 0 Å². The number of rotatable bonds is 4. The van der Waals surface area contributed by atoms with Crippen LogP contribution in [0.1, 0.15) is 48.0 Å². The van der Waals surface area contributed by atoms with Gasteiger partial charge in [-0.3, -0.25) is 9.59 Å². The van der Waals surface area contributed by atoms with E-state index in [0.717, 1.165) is 0 Å². The minimum Gasteiger partial charge on any atom is -0.343 e. The van der Waals surface area contributed by atoms with Gasteiger partial charge in [-0.05, 0) is 24.7 Å². The summed E-state index contributed by atoms with van der Waals surface area (Å²) in [6.45, 7) is 12.9. The monoisotopic (exact) mass is 254 g/mol. The molecule has 104 valence electrons. The molecule has 1 N–H and O–H groups in total. The second kappa shape index (κ2) is 5.29. The number of carbonyl (C=O) groups excluding carboxylic acids is 2. The van der Waals surface area contributed by atoms with E-state index >= 15 is 0 Å². The first kappa shape index (κ1) is 15.0. The summed E-state index contributed by atoms with van der Waals surface area (Å²) in [7, 11) is 0. The quantitative estimate of drug-likeness (QED) is 0.831. The Balaban J connectivity index is 2.94. The van der Waals surface area contributed by atoms with Crippen LogP contribution < -0.4 is 5.32 Å². The highest BCUT2D eigenvalue weighted by Crippen LogP contribution is 2.29. The van der Waals surface area contributed by atoms with E-state index in [1.807, 2.05) is 6.92 Å². The Hall–Kier alpha value is -1.06. The summed E-state index contributed by atoms with van der Waals surface area (Å²) in [6.07, 6.45) is 0.665. The average molecular weight is 254 g/mol. The van der Waals surface area contributed by atoms with E-state index in [1.54, 1.807) is 11.8 Å². The van der Waals surface area contributed by atoms with E-state index in [9.17, 15) is 9.59 Å². The molecule has 18 heavy (non-hydrogen) atoms. The Bertz CT molecular complexity index is 337. The van der Waals surface area contributed by atoms with Gasteiger partial charge in [0.15, 0.2) is 0 Å². The van der Waals surface area contributed by atoms with Gasteiger partial charge in [-0.25, -0.2) is 0 Å². The molecule has 1 heterocycles. The number of hydrogen-bond acceptors (Lipinski definition) is 2.